The summed E-state index contributed by atoms with van der Waals surface area (Å²) in [6.45, 7) is 0.576. The van der Waals surface area contributed by atoms with Gasteiger partial charge in [-0.15, -0.1) is 0 Å². The van der Waals surface area contributed by atoms with Gasteiger partial charge in [0.05, 0.1) is 6.61 Å². The lowest BCUT2D eigenvalue weighted by Gasteiger charge is -2.09. The van der Waals surface area contributed by atoms with Crippen LogP contribution in [0.4, 0.5) is 10.6 Å². The van der Waals surface area contributed by atoms with Gasteiger partial charge in [-0.25, -0.2) is 9.59 Å². The smallest absolute Gasteiger partial charge is 0.450 e. The molecule has 1 unspecified atom stereocenters. The molecule has 1 aliphatic heterocycles. The van der Waals surface area contributed by atoms with Gasteiger partial charge in [-0.05, 0) is 6.07 Å². The zero-order valence-corrected chi connectivity index (χ0v) is 8.65. The van der Waals surface area contributed by atoms with Crippen molar-refractivity contribution in [2.24, 2.45) is 0 Å². The Labute approximate surface area is 95.0 Å². The Kier molecular flexibility index (Phi) is 4.43. The van der Waals surface area contributed by atoms with E-state index < -0.39 is 11.8 Å². The minimum absolute atomic E-state index is 0.208. The van der Waals surface area contributed by atoms with Crippen molar-refractivity contribution in [1.29, 1.82) is 0 Å². The molecule has 1 saturated heterocycles. The van der Waals surface area contributed by atoms with Crippen molar-refractivity contribution < 1.29 is 24.5 Å². The molecule has 4 N–H and O–H groups in total. The summed E-state index contributed by atoms with van der Waals surface area (Å²) in [6, 6.07) is 1.54. The van der Waals surface area contributed by atoms with Crippen molar-refractivity contribution in [3.8, 4) is 0 Å². The molecule has 94 valence electrons. The molecule has 1 aliphatic rings. The quantitative estimate of drug-likeness (QED) is 0.605. The van der Waals surface area contributed by atoms with Gasteiger partial charge in [-0.2, -0.15) is 4.98 Å². The number of hydrogen-bond donors (Lipinski definition) is 3. The third-order valence-electron chi connectivity index (χ3n) is 1.77. The van der Waals surface area contributed by atoms with Gasteiger partial charge in [-0.3, -0.25) is 4.57 Å². The van der Waals surface area contributed by atoms with E-state index in [0.717, 1.165) is 0 Å². The number of hydrogen-bond acceptors (Lipinski definition) is 6. The first-order chi connectivity index (χ1) is 8.00. The lowest BCUT2D eigenvalue weighted by molar-refractivity contribution is 0.0216. The standard InChI is InChI=1S/C7H9N3O3.CH2O3/c8-5-1-2-10(7(11)9-5)6-3-12-4-13-6;2-1(3)4/h1-2,6H,3-4H2,(H2,8,9,11);(H2,2,3,4). The summed E-state index contributed by atoms with van der Waals surface area (Å²) in [6.07, 6.45) is -0.662. The van der Waals surface area contributed by atoms with Crippen LogP contribution in [0.15, 0.2) is 17.1 Å². The van der Waals surface area contributed by atoms with E-state index in [4.69, 9.17) is 30.2 Å². The van der Waals surface area contributed by atoms with E-state index in [1.165, 1.54) is 4.57 Å². The molecule has 0 bridgehead atoms. The third-order valence-corrected chi connectivity index (χ3v) is 1.77. The molecule has 9 heteroatoms. The molecular formula is C8H11N3O6. The average molecular weight is 245 g/mol. The number of aromatic nitrogens is 2. The van der Waals surface area contributed by atoms with E-state index in [-0.39, 0.29) is 18.8 Å². The maximum atomic E-state index is 11.3. The van der Waals surface area contributed by atoms with Crippen LogP contribution in [0.3, 0.4) is 0 Å². The molecular weight excluding hydrogens is 234 g/mol. The van der Waals surface area contributed by atoms with Crippen LogP contribution in [0.25, 0.3) is 0 Å². The number of anilines is 1. The van der Waals surface area contributed by atoms with Crippen LogP contribution in [-0.2, 0) is 9.47 Å². The van der Waals surface area contributed by atoms with Gasteiger partial charge in [0.25, 0.3) is 0 Å². The minimum atomic E-state index is -1.83. The minimum Gasteiger partial charge on any atom is -0.450 e. The Morgan fingerprint density at radius 3 is 2.71 bits per heavy atom. The Hall–Kier alpha value is -2.13. The molecule has 2 heterocycles. The number of nitrogen functional groups attached to an aromatic ring is 1. The molecule has 1 atom stereocenters. The predicted octanol–water partition coefficient (Wildman–Crippen LogP) is -0.449. The molecule has 1 fully saturated rings. The van der Waals surface area contributed by atoms with E-state index in [0.29, 0.717) is 6.61 Å². The highest BCUT2D eigenvalue weighted by Gasteiger charge is 2.18. The van der Waals surface area contributed by atoms with Crippen LogP contribution in [0.1, 0.15) is 6.23 Å². The summed E-state index contributed by atoms with van der Waals surface area (Å²) >= 11 is 0. The maximum Gasteiger partial charge on any atom is 0.503 e. The fourth-order valence-corrected chi connectivity index (χ4v) is 1.13. The summed E-state index contributed by atoms with van der Waals surface area (Å²) in [5.41, 5.74) is 4.91. The molecule has 0 saturated carbocycles. The van der Waals surface area contributed by atoms with Gasteiger partial charge in [0.15, 0.2) is 6.23 Å². The predicted molar refractivity (Wildman–Crippen MR) is 54.5 cm³/mol. The van der Waals surface area contributed by atoms with Gasteiger partial charge >= 0.3 is 11.8 Å². The molecule has 0 amide bonds. The van der Waals surface area contributed by atoms with Gasteiger partial charge in [0.1, 0.15) is 12.6 Å². The fourth-order valence-electron chi connectivity index (χ4n) is 1.13. The molecule has 0 aliphatic carbocycles. The summed E-state index contributed by atoms with van der Waals surface area (Å²) in [5.74, 6) is 0.208. The third kappa shape index (κ3) is 4.09. The summed E-state index contributed by atoms with van der Waals surface area (Å²) < 4.78 is 11.4. The number of nitrogens with zero attached hydrogens (tertiary/aromatic N) is 2. The summed E-state index contributed by atoms with van der Waals surface area (Å²) in [5, 5.41) is 13.9. The molecule has 0 aromatic carbocycles. The van der Waals surface area contributed by atoms with Crippen LogP contribution < -0.4 is 11.4 Å². The van der Waals surface area contributed by atoms with Crippen molar-refractivity contribution in [3.05, 3.63) is 22.7 Å². The SMILES string of the molecule is Nc1ccn(C2COCO2)c(=O)n1.O=C(O)O. The normalized spacial score (nSPS) is 18.2. The molecule has 17 heavy (non-hydrogen) atoms. The summed E-state index contributed by atoms with van der Waals surface area (Å²) in [4.78, 5) is 23.4. The second-order valence-corrected chi connectivity index (χ2v) is 2.93. The molecule has 0 radical (unpaired) electrons. The van der Waals surface area contributed by atoms with Crippen LogP contribution in [0.2, 0.25) is 0 Å². The molecule has 9 nitrogen and oxygen atoms in total. The molecule has 1 aromatic rings. The zero-order valence-electron chi connectivity index (χ0n) is 8.65. The topological polar surface area (TPSA) is 137 Å². The van der Waals surface area contributed by atoms with Crippen molar-refractivity contribution >= 4 is 12.0 Å². The number of rotatable bonds is 1. The molecule has 0 spiro atoms. The van der Waals surface area contributed by atoms with E-state index in [1.807, 2.05) is 0 Å². The average Bonchev–Trinajstić information content (AvgIpc) is 2.69. The number of carboxylic acid groups (broad SMARTS) is 2. The lowest BCUT2D eigenvalue weighted by atomic mass is 10.5. The number of carbonyl (C=O) groups is 1. The highest BCUT2D eigenvalue weighted by molar-refractivity contribution is 5.53. The highest BCUT2D eigenvalue weighted by Crippen LogP contribution is 2.12. The Morgan fingerprint density at radius 2 is 2.24 bits per heavy atom. The van der Waals surface area contributed by atoms with Crippen LogP contribution in [0, 0.1) is 0 Å². The van der Waals surface area contributed by atoms with Crippen molar-refractivity contribution in [2.45, 2.75) is 6.23 Å². The van der Waals surface area contributed by atoms with Crippen molar-refractivity contribution in [1.82, 2.24) is 9.55 Å². The van der Waals surface area contributed by atoms with E-state index in [1.54, 1.807) is 12.3 Å². The van der Waals surface area contributed by atoms with Gasteiger partial charge in [0.2, 0.25) is 0 Å². The van der Waals surface area contributed by atoms with Crippen molar-refractivity contribution in [3.63, 3.8) is 0 Å². The fraction of sp³-hybridized carbons (Fsp3) is 0.375. The lowest BCUT2D eigenvalue weighted by Crippen LogP contribution is -2.28. The van der Waals surface area contributed by atoms with Crippen LogP contribution in [0.5, 0.6) is 0 Å². The largest absolute Gasteiger partial charge is 0.503 e. The zero-order chi connectivity index (χ0) is 12.8. The highest BCUT2D eigenvalue weighted by atomic mass is 16.7. The molecule has 1 aromatic heterocycles. The van der Waals surface area contributed by atoms with E-state index in [9.17, 15) is 4.79 Å². The second-order valence-electron chi connectivity index (χ2n) is 2.93. The summed E-state index contributed by atoms with van der Waals surface area (Å²) in [7, 11) is 0. The Balaban J connectivity index is 0.000000317. The first-order valence-corrected chi connectivity index (χ1v) is 4.46. The second kappa shape index (κ2) is 5.82. The maximum absolute atomic E-state index is 11.3. The first-order valence-electron chi connectivity index (χ1n) is 4.46. The Bertz CT molecular complexity index is 435. The monoisotopic (exact) mass is 245 g/mol. The van der Waals surface area contributed by atoms with E-state index >= 15 is 0 Å². The van der Waals surface area contributed by atoms with E-state index in [2.05, 4.69) is 4.98 Å². The van der Waals surface area contributed by atoms with Crippen LogP contribution in [-0.4, -0.2) is 39.3 Å². The van der Waals surface area contributed by atoms with Gasteiger partial charge < -0.3 is 25.4 Å². The Morgan fingerprint density at radius 1 is 1.59 bits per heavy atom. The van der Waals surface area contributed by atoms with Gasteiger partial charge in [0, 0.05) is 6.20 Å². The van der Waals surface area contributed by atoms with Crippen LogP contribution >= 0.6 is 0 Å². The number of nitrogens with two attached hydrogens (primary N) is 1. The number of ether oxygens (including phenoxy) is 2. The van der Waals surface area contributed by atoms with Gasteiger partial charge in [-0.1, -0.05) is 0 Å². The van der Waals surface area contributed by atoms with Crippen molar-refractivity contribution in [2.75, 3.05) is 19.1 Å². The molecule has 2 rings (SSSR count). The first kappa shape index (κ1) is 12.9.